The molecule has 0 aromatic carbocycles. The summed E-state index contributed by atoms with van der Waals surface area (Å²) < 4.78 is 0.937. The fourth-order valence-corrected chi connectivity index (χ4v) is 2.09. The summed E-state index contributed by atoms with van der Waals surface area (Å²) in [5, 5.41) is 10.8. The number of carbonyl (C=O) groups is 1. The van der Waals surface area contributed by atoms with E-state index in [0.29, 0.717) is 11.4 Å². The molecule has 2 N–H and O–H groups in total. The topological polar surface area (TPSA) is 57.8 Å². The van der Waals surface area contributed by atoms with Crippen LogP contribution in [0.5, 0.6) is 0 Å². The van der Waals surface area contributed by atoms with Crippen molar-refractivity contribution in [3.8, 4) is 0 Å². The second-order valence-corrected chi connectivity index (χ2v) is 4.85. The van der Waals surface area contributed by atoms with Crippen molar-refractivity contribution >= 4 is 39.0 Å². The molecule has 0 unspecified atom stereocenters. The molecule has 2 heterocycles. The molecule has 0 radical (unpaired) electrons. The Kier molecular flexibility index (Phi) is 2.64. The lowest BCUT2D eigenvalue weighted by molar-refractivity contribution is 0.102. The van der Waals surface area contributed by atoms with E-state index in [-0.39, 0.29) is 5.91 Å². The highest BCUT2D eigenvalue weighted by Crippen LogP contribution is 2.21. The Hall–Kier alpha value is -1.14. The van der Waals surface area contributed by atoms with Gasteiger partial charge in [-0.05, 0) is 22.0 Å². The molecule has 6 heteroatoms. The van der Waals surface area contributed by atoms with Gasteiger partial charge in [0.25, 0.3) is 5.91 Å². The monoisotopic (exact) mass is 271 g/mol. The van der Waals surface area contributed by atoms with Crippen molar-refractivity contribution in [2.75, 3.05) is 5.32 Å². The smallest absolute Gasteiger partial charge is 0.257 e. The molecule has 1 amide bonds. The number of carbonyl (C=O) groups excluding carboxylic acids is 1. The van der Waals surface area contributed by atoms with Gasteiger partial charge in [0.1, 0.15) is 5.82 Å². The summed E-state index contributed by atoms with van der Waals surface area (Å²) in [6, 6.07) is 3.47. The first kappa shape index (κ1) is 9.42. The molecule has 0 fully saturated rings. The van der Waals surface area contributed by atoms with Gasteiger partial charge in [-0.15, -0.1) is 11.3 Å². The Morgan fingerprint density at radius 3 is 3.07 bits per heavy atom. The lowest BCUT2D eigenvalue weighted by Crippen LogP contribution is -2.10. The van der Waals surface area contributed by atoms with E-state index < -0.39 is 0 Å². The van der Waals surface area contributed by atoms with E-state index in [1.165, 1.54) is 11.3 Å². The minimum Gasteiger partial charge on any atom is -0.307 e. The van der Waals surface area contributed by atoms with E-state index in [9.17, 15) is 4.79 Å². The Morgan fingerprint density at radius 2 is 2.50 bits per heavy atom. The molecule has 0 aliphatic heterocycles. The fraction of sp³-hybridized carbons (Fsp3) is 0. The van der Waals surface area contributed by atoms with Crippen molar-refractivity contribution in [2.24, 2.45) is 0 Å². The summed E-state index contributed by atoms with van der Waals surface area (Å²) in [5.74, 6) is 0.452. The zero-order valence-corrected chi connectivity index (χ0v) is 9.35. The second-order valence-electron chi connectivity index (χ2n) is 2.56. The zero-order valence-electron chi connectivity index (χ0n) is 6.95. The highest BCUT2D eigenvalue weighted by molar-refractivity contribution is 9.11. The predicted molar refractivity (Wildman–Crippen MR) is 58.6 cm³/mol. The summed E-state index contributed by atoms with van der Waals surface area (Å²) in [5.41, 5.74) is 0.636. The highest BCUT2D eigenvalue weighted by Gasteiger charge is 2.08. The molecule has 0 aliphatic rings. The molecule has 2 rings (SSSR count). The average Bonchev–Trinajstić information content (AvgIpc) is 2.75. The van der Waals surface area contributed by atoms with E-state index in [4.69, 9.17) is 0 Å². The number of thiophene rings is 1. The molecule has 0 aliphatic carbocycles. The van der Waals surface area contributed by atoms with Crippen LogP contribution in [0, 0.1) is 0 Å². The molecule has 0 atom stereocenters. The van der Waals surface area contributed by atoms with Crippen LogP contribution in [0.3, 0.4) is 0 Å². The highest BCUT2D eigenvalue weighted by atomic mass is 79.9. The number of hydrogen-bond donors (Lipinski definition) is 2. The molecule has 2 aromatic rings. The molecule has 0 saturated heterocycles. The van der Waals surface area contributed by atoms with Crippen LogP contribution < -0.4 is 5.32 Å². The lowest BCUT2D eigenvalue weighted by atomic mass is 10.3. The van der Waals surface area contributed by atoms with Gasteiger partial charge in [-0.2, -0.15) is 5.10 Å². The Balaban J connectivity index is 2.10. The molecule has 0 bridgehead atoms. The maximum Gasteiger partial charge on any atom is 0.257 e. The standard InChI is InChI=1S/C8H6BrN3OS/c9-6-3-5(4-14-6)8(13)11-7-1-2-10-12-7/h1-4H,(H2,10,11,12,13). The minimum atomic E-state index is -0.142. The Bertz CT molecular complexity index is 437. The van der Waals surface area contributed by atoms with Gasteiger partial charge in [0.05, 0.1) is 15.5 Å². The van der Waals surface area contributed by atoms with Crippen molar-refractivity contribution in [3.63, 3.8) is 0 Å². The Morgan fingerprint density at radius 1 is 1.64 bits per heavy atom. The number of rotatable bonds is 2. The van der Waals surface area contributed by atoms with Crippen molar-refractivity contribution in [1.29, 1.82) is 0 Å². The summed E-state index contributed by atoms with van der Waals surface area (Å²) in [6.07, 6.45) is 1.58. The average molecular weight is 272 g/mol. The van der Waals surface area contributed by atoms with Gasteiger partial charge < -0.3 is 5.32 Å². The maximum atomic E-state index is 11.6. The molecule has 0 saturated carbocycles. The lowest BCUT2D eigenvalue weighted by Gasteiger charge is -1.98. The van der Waals surface area contributed by atoms with Crippen molar-refractivity contribution in [2.45, 2.75) is 0 Å². The predicted octanol–water partition coefficient (Wildman–Crippen LogP) is 2.49. The SMILES string of the molecule is O=C(Nc1ccn[nH]1)c1csc(Br)c1. The number of anilines is 1. The van der Waals surface area contributed by atoms with Gasteiger partial charge >= 0.3 is 0 Å². The van der Waals surface area contributed by atoms with Crippen LogP contribution in [0.2, 0.25) is 0 Å². The summed E-state index contributed by atoms with van der Waals surface area (Å²) in [6.45, 7) is 0. The first-order valence-corrected chi connectivity index (χ1v) is 5.48. The number of aromatic amines is 1. The summed E-state index contributed by atoms with van der Waals surface area (Å²) >= 11 is 4.77. The largest absolute Gasteiger partial charge is 0.307 e. The van der Waals surface area contributed by atoms with E-state index in [2.05, 4.69) is 31.4 Å². The molecular formula is C8H6BrN3OS. The van der Waals surface area contributed by atoms with Gasteiger partial charge in [-0.3, -0.25) is 9.89 Å². The zero-order chi connectivity index (χ0) is 9.97. The van der Waals surface area contributed by atoms with Crippen LogP contribution in [-0.4, -0.2) is 16.1 Å². The van der Waals surface area contributed by atoms with Crippen LogP contribution in [-0.2, 0) is 0 Å². The quantitative estimate of drug-likeness (QED) is 0.882. The van der Waals surface area contributed by atoms with Crippen LogP contribution >= 0.6 is 27.3 Å². The molecule has 2 aromatic heterocycles. The Labute approximate surface area is 92.5 Å². The summed E-state index contributed by atoms with van der Waals surface area (Å²) in [4.78, 5) is 11.6. The van der Waals surface area contributed by atoms with Crippen LogP contribution in [0.1, 0.15) is 10.4 Å². The third kappa shape index (κ3) is 2.02. The normalized spacial score (nSPS) is 10.1. The summed E-state index contributed by atoms with van der Waals surface area (Å²) in [7, 11) is 0. The van der Waals surface area contributed by atoms with Crippen molar-refractivity contribution in [1.82, 2.24) is 10.2 Å². The van der Waals surface area contributed by atoms with Crippen molar-refractivity contribution in [3.05, 3.63) is 33.1 Å². The van der Waals surface area contributed by atoms with E-state index in [0.717, 1.165) is 3.79 Å². The molecular weight excluding hydrogens is 266 g/mol. The van der Waals surface area contributed by atoms with Gasteiger partial charge in [0, 0.05) is 11.4 Å². The van der Waals surface area contributed by atoms with Gasteiger partial charge in [0.15, 0.2) is 0 Å². The number of halogens is 1. The number of aromatic nitrogens is 2. The fourth-order valence-electron chi connectivity index (χ4n) is 0.949. The molecule has 0 spiro atoms. The maximum absolute atomic E-state index is 11.6. The van der Waals surface area contributed by atoms with Gasteiger partial charge in [-0.25, -0.2) is 0 Å². The van der Waals surface area contributed by atoms with E-state index in [1.807, 2.05) is 0 Å². The van der Waals surface area contributed by atoms with Gasteiger partial charge in [-0.1, -0.05) is 0 Å². The number of amides is 1. The third-order valence-electron chi connectivity index (χ3n) is 1.58. The number of H-pyrrole nitrogens is 1. The number of nitrogens with zero attached hydrogens (tertiary/aromatic N) is 1. The van der Waals surface area contributed by atoms with Crippen molar-refractivity contribution < 1.29 is 4.79 Å². The van der Waals surface area contributed by atoms with Crippen LogP contribution in [0.15, 0.2) is 27.5 Å². The van der Waals surface area contributed by atoms with E-state index >= 15 is 0 Å². The number of nitrogens with one attached hydrogen (secondary N) is 2. The molecule has 4 nitrogen and oxygen atoms in total. The number of hydrogen-bond acceptors (Lipinski definition) is 3. The first-order chi connectivity index (χ1) is 6.75. The second kappa shape index (κ2) is 3.93. The molecule has 14 heavy (non-hydrogen) atoms. The van der Waals surface area contributed by atoms with E-state index in [1.54, 1.807) is 23.7 Å². The first-order valence-electron chi connectivity index (χ1n) is 3.80. The van der Waals surface area contributed by atoms with Gasteiger partial charge in [0.2, 0.25) is 0 Å². The molecule has 72 valence electrons. The minimum absolute atomic E-state index is 0.142. The van der Waals surface area contributed by atoms with Crippen LogP contribution in [0.25, 0.3) is 0 Å². The van der Waals surface area contributed by atoms with Crippen LogP contribution in [0.4, 0.5) is 5.82 Å². The third-order valence-corrected chi connectivity index (χ3v) is 3.08.